The van der Waals surface area contributed by atoms with E-state index < -0.39 is 0 Å². The van der Waals surface area contributed by atoms with Crippen molar-refractivity contribution in [2.75, 3.05) is 5.32 Å². The van der Waals surface area contributed by atoms with E-state index in [0.717, 1.165) is 10.2 Å². The highest BCUT2D eigenvalue weighted by atomic mass is 32.1. The SMILES string of the molecule is CC(C)c1cccc2sc(NC(=O)c3cccnc3)nc12. The number of anilines is 1. The Kier molecular flexibility index (Phi) is 3.66. The Morgan fingerprint density at radius 3 is 2.81 bits per heavy atom. The van der Waals surface area contributed by atoms with Gasteiger partial charge in [-0.3, -0.25) is 15.1 Å². The van der Waals surface area contributed by atoms with Crippen molar-refractivity contribution < 1.29 is 4.79 Å². The molecule has 4 nitrogen and oxygen atoms in total. The molecular formula is C16H15N3OS. The summed E-state index contributed by atoms with van der Waals surface area (Å²) >= 11 is 1.49. The molecule has 1 N–H and O–H groups in total. The number of carbonyl (C=O) groups excluding carboxylic acids is 1. The molecule has 0 saturated carbocycles. The molecule has 1 amide bonds. The van der Waals surface area contributed by atoms with E-state index in [1.54, 1.807) is 24.5 Å². The van der Waals surface area contributed by atoms with Gasteiger partial charge in [-0.05, 0) is 29.7 Å². The van der Waals surface area contributed by atoms with Crippen LogP contribution in [0.2, 0.25) is 0 Å². The van der Waals surface area contributed by atoms with E-state index in [0.29, 0.717) is 16.6 Å². The molecule has 1 aromatic carbocycles. The summed E-state index contributed by atoms with van der Waals surface area (Å²) in [6, 6.07) is 9.61. The fourth-order valence-corrected chi connectivity index (χ4v) is 3.05. The van der Waals surface area contributed by atoms with Gasteiger partial charge in [0.2, 0.25) is 0 Å². The predicted octanol–water partition coefficient (Wildman–Crippen LogP) is 4.07. The molecule has 2 aromatic heterocycles. The van der Waals surface area contributed by atoms with Gasteiger partial charge < -0.3 is 0 Å². The second-order valence-corrected chi connectivity index (χ2v) is 6.09. The Balaban J connectivity index is 1.92. The number of benzene rings is 1. The predicted molar refractivity (Wildman–Crippen MR) is 85.9 cm³/mol. The number of hydrogen-bond donors (Lipinski definition) is 1. The Hall–Kier alpha value is -2.27. The summed E-state index contributed by atoms with van der Waals surface area (Å²) in [4.78, 5) is 20.6. The first-order chi connectivity index (χ1) is 10.1. The van der Waals surface area contributed by atoms with Gasteiger partial charge in [-0.25, -0.2) is 4.98 Å². The second kappa shape index (κ2) is 5.61. The number of carbonyl (C=O) groups is 1. The molecule has 0 atom stereocenters. The Labute approximate surface area is 126 Å². The van der Waals surface area contributed by atoms with Crippen LogP contribution in [0.4, 0.5) is 5.13 Å². The molecule has 0 radical (unpaired) electrons. The number of aromatic nitrogens is 2. The lowest BCUT2D eigenvalue weighted by molar-refractivity contribution is 0.102. The van der Waals surface area contributed by atoms with Gasteiger partial charge >= 0.3 is 0 Å². The molecule has 3 aromatic rings. The molecule has 21 heavy (non-hydrogen) atoms. The molecule has 0 aliphatic heterocycles. The van der Waals surface area contributed by atoms with Crippen molar-refractivity contribution in [1.82, 2.24) is 9.97 Å². The minimum Gasteiger partial charge on any atom is -0.298 e. The quantitative estimate of drug-likeness (QED) is 0.793. The smallest absolute Gasteiger partial charge is 0.259 e. The number of rotatable bonds is 3. The van der Waals surface area contributed by atoms with Crippen LogP contribution in [0.5, 0.6) is 0 Å². The third kappa shape index (κ3) is 2.78. The number of nitrogens with zero attached hydrogens (tertiary/aromatic N) is 2. The van der Waals surface area contributed by atoms with Crippen molar-refractivity contribution in [1.29, 1.82) is 0 Å². The molecule has 0 aliphatic carbocycles. The molecule has 5 heteroatoms. The molecule has 0 unspecified atom stereocenters. The van der Waals surface area contributed by atoms with Crippen LogP contribution < -0.4 is 5.32 Å². The summed E-state index contributed by atoms with van der Waals surface area (Å²) in [5.41, 5.74) is 2.70. The summed E-state index contributed by atoms with van der Waals surface area (Å²) in [6.07, 6.45) is 3.19. The Morgan fingerprint density at radius 1 is 1.24 bits per heavy atom. The zero-order valence-corrected chi connectivity index (χ0v) is 12.6. The van der Waals surface area contributed by atoms with E-state index >= 15 is 0 Å². The van der Waals surface area contributed by atoms with Crippen molar-refractivity contribution >= 4 is 32.6 Å². The largest absolute Gasteiger partial charge is 0.298 e. The normalized spacial score (nSPS) is 11.0. The van der Waals surface area contributed by atoms with Gasteiger partial charge in [0.1, 0.15) is 0 Å². The van der Waals surface area contributed by atoms with Crippen molar-refractivity contribution in [2.45, 2.75) is 19.8 Å². The lowest BCUT2D eigenvalue weighted by atomic mass is 10.0. The molecule has 0 fully saturated rings. The average molecular weight is 297 g/mol. The van der Waals surface area contributed by atoms with Gasteiger partial charge in [-0.15, -0.1) is 0 Å². The van der Waals surface area contributed by atoms with Crippen LogP contribution in [0.3, 0.4) is 0 Å². The first-order valence-electron chi connectivity index (χ1n) is 6.76. The molecular weight excluding hydrogens is 282 g/mol. The minimum absolute atomic E-state index is 0.187. The zero-order valence-electron chi connectivity index (χ0n) is 11.8. The number of nitrogens with one attached hydrogen (secondary N) is 1. The Morgan fingerprint density at radius 2 is 2.10 bits per heavy atom. The van der Waals surface area contributed by atoms with Gasteiger partial charge in [0.05, 0.1) is 15.8 Å². The minimum atomic E-state index is -0.187. The number of hydrogen-bond acceptors (Lipinski definition) is 4. The summed E-state index contributed by atoms with van der Waals surface area (Å²) in [7, 11) is 0. The standard InChI is InChI=1S/C16H15N3OS/c1-10(2)12-6-3-7-13-14(12)18-16(21-13)19-15(20)11-5-4-8-17-9-11/h3-10H,1-2H3,(H,18,19,20). The molecule has 106 valence electrons. The maximum Gasteiger partial charge on any atom is 0.259 e. The fourth-order valence-electron chi connectivity index (χ4n) is 2.16. The first kappa shape index (κ1) is 13.7. The number of pyridine rings is 1. The van der Waals surface area contributed by atoms with Crippen LogP contribution in [-0.2, 0) is 0 Å². The van der Waals surface area contributed by atoms with Gasteiger partial charge in [-0.1, -0.05) is 37.3 Å². The van der Waals surface area contributed by atoms with E-state index in [9.17, 15) is 4.79 Å². The summed E-state index contributed by atoms with van der Waals surface area (Å²) < 4.78 is 1.09. The summed E-state index contributed by atoms with van der Waals surface area (Å²) in [5.74, 6) is 0.214. The van der Waals surface area contributed by atoms with E-state index in [2.05, 4.69) is 35.2 Å². The van der Waals surface area contributed by atoms with Crippen LogP contribution in [0.15, 0.2) is 42.7 Å². The van der Waals surface area contributed by atoms with Crippen molar-refractivity contribution in [3.8, 4) is 0 Å². The number of amides is 1. The Bertz CT molecular complexity index is 781. The van der Waals surface area contributed by atoms with E-state index in [1.807, 2.05) is 12.1 Å². The lowest BCUT2D eigenvalue weighted by Gasteiger charge is -2.04. The van der Waals surface area contributed by atoms with Crippen molar-refractivity contribution in [2.24, 2.45) is 0 Å². The van der Waals surface area contributed by atoms with E-state index in [-0.39, 0.29) is 5.91 Å². The number of fused-ring (bicyclic) bond motifs is 1. The van der Waals surface area contributed by atoms with Crippen LogP contribution >= 0.6 is 11.3 Å². The topological polar surface area (TPSA) is 54.9 Å². The zero-order chi connectivity index (χ0) is 14.8. The third-order valence-corrected chi connectivity index (χ3v) is 4.15. The maximum atomic E-state index is 12.1. The molecule has 0 saturated heterocycles. The molecule has 0 aliphatic rings. The molecule has 2 heterocycles. The number of thiazole rings is 1. The van der Waals surface area contributed by atoms with E-state index in [4.69, 9.17) is 0 Å². The first-order valence-corrected chi connectivity index (χ1v) is 7.57. The van der Waals surface area contributed by atoms with Crippen LogP contribution in [-0.4, -0.2) is 15.9 Å². The lowest BCUT2D eigenvalue weighted by Crippen LogP contribution is -2.11. The summed E-state index contributed by atoms with van der Waals surface area (Å²) in [6.45, 7) is 4.28. The highest BCUT2D eigenvalue weighted by Crippen LogP contribution is 2.31. The molecule has 0 spiro atoms. The number of para-hydroxylation sites is 1. The van der Waals surface area contributed by atoms with Crippen LogP contribution in [0, 0.1) is 0 Å². The highest BCUT2D eigenvalue weighted by molar-refractivity contribution is 7.22. The van der Waals surface area contributed by atoms with Crippen molar-refractivity contribution in [3.63, 3.8) is 0 Å². The fraction of sp³-hybridized carbons (Fsp3) is 0.188. The monoisotopic (exact) mass is 297 g/mol. The maximum absolute atomic E-state index is 12.1. The highest BCUT2D eigenvalue weighted by Gasteiger charge is 2.13. The molecule has 3 rings (SSSR count). The van der Waals surface area contributed by atoms with Gasteiger partial charge in [-0.2, -0.15) is 0 Å². The van der Waals surface area contributed by atoms with Gasteiger partial charge in [0, 0.05) is 12.4 Å². The summed E-state index contributed by atoms with van der Waals surface area (Å²) in [5, 5.41) is 3.46. The average Bonchev–Trinajstić information content (AvgIpc) is 2.89. The van der Waals surface area contributed by atoms with Gasteiger partial charge in [0.15, 0.2) is 5.13 Å². The van der Waals surface area contributed by atoms with Gasteiger partial charge in [0.25, 0.3) is 5.91 Å². The molecule has 0 bridgehead atoms. The third-order valence-electron chi connectivity index (χ3n) is 3.22. The van der Waals surface area contributed by atoms with E-state index in [1.165, 1.54) is 16.9 Å². The van der Waals surface area contributed by atoms with Crippen LogP contribution in [0.25, 0.3) is 10.2 Å². The van der Waals surface area contributed by atoms with Crippen molar-refractivity contribution in [3.05, 3.63) is 53.9 Å². The second-order valence-electron chi connectivity index (χ2n) is 5.06. The van der Waals surface area contributed by atoms with Crippen LogP contribution in [0.1, 0.15) is 35.7 Å².